The van der Waals surface area contributed by atoms with Crippen molar-refractivity contribution in [3.63, 3.8) is 0 Å². The molecule has 0 bridgehead atoms. The SMILES string of the molecule is Cc1cc(-n2c(C3CCOCC3)c(C)c3c(OCc4ccccc4)cccc32)ccc1F. The van der Waals surface area contributed by atoms with Crippen LogP contribution in [0.15, 0.2) is 66.7 Å². The molecule has 0 amide bonds. The predicted octanol–water partition coefficient (Wildman–Crippen LogP) is 6.86. The lowest BCUT2D eigenvalue weighted by atomic mass is 9.93. The molecule has 0 unspecified atom stereocenters. The van der Waals surface area contributed by atoms with E-state index in [1.165, 1.54) is 11.3 Å². The first kappa shape index (κ1) is 20.8. The van der Waals surface area contributed by atoms with Gasteiger partial charge in [-0.15, -0.1) is 0 Å². The van der Waals surface area contributed by atoms with Gasteiger partial charge in [0.25, 0.3) is 0 Å². The van der Waals surface area contributed by atoms with Gasteiger partial charge < -0.3 is 14.0 Å². The van der Waals surface area contributed by atoms with Gasteiger partial charge in [0.05, 0.1) is 5.52 Å². The fourth-order valence-electron chi connectivity index (χ4n) is 4.87. The standard InChI is InChI=1S/C28H28FNO2/c1-19-17-23(11-12-24(19)29)30-25-9-6-10-26(32-18-21-7-4-3-5-8-21)27(25)20(2)28(30)22-13-15-31-16-14-22/h3-12,17,22H,13-16,18H2,1-2H3. The highest BCUT2D eigenvalue weighted by Crippen LogP contribution is 2.41. The Hall–Kier alpha value is -3.11. The van der Waals surface area contributed by atoms with E-state index < -0.39 is 0 Å². The van der Waals surface area contributed by atoms with Gasteiger partial charge in [-0.3, -0.25) is 0 Å². The molecule has 1 aliphatic rings. The average Bonchev–Trinajstić information content (AvgIpc) is 3.13. The summed E-state index contributed by atoms with van der Waals surface area (Å²) >= 11 is 0. The Labute approximate surface area is 188 Å². The third-order valence-electron chi connectivity index (χ3n) is 6.49. The van der Waals surface area contributed by atoms with Gasteiger partial charge in [0, 0.05) is 35.9 Å². The number of hydrogen-bond donors (Lipinski definition) is 0. The van der Waals surface area contributed by atoms with E-state index in [4.69, 9.17) is 9.47 Å². The predicted molar refractivity (Wildman–Crippen MR) is 126 cm³/mol. The Kier molecular flexibility index (Phi) is 5.71. The number of aryl methyl sites for hydroxylation is 2. The van der Waals surface area contributed by atoms with Crippen molar-refractivity contribution in [2.24, 2.45) is 0 Å². The van der Waals surface area contributed by atoms with Crippen molar-refractivity contribution in [1.82, 2.24) is 4.57 Å². The second-order valence-electron chi connectivity index (χ2n) is 8.59. The van der Waals surface area contributed by atoms with Crippen LogP contribution < -0.4 is 4.74 Å². The van der Waals surface area contributed by atoms with E-state index in [1.807, 2.05) is 49.4 Å². The number of hydrogen-bond acceptors (Lipinski definition) is 2. The van der Waals surface area contributed by atoms with Crippen LogP contribution >= 0.6 is 0 Å². The van der Waals surface area contributed by atoms with Crippen LogP contribution in [0.2, 0.25) is 0 Å². The van der Waals surface area contributed by atoms with Crippen molar-refractivity contribution in [2.45, 2.75) is 39.2 Å². The molecule has 0 N–H and O–H groups in total. The van der Waals surface area contributed by atoms with E-state index in [-0.39, 0.29) is 5.82 Å². The van der Waals surface area contributed by atoms with E-state index in [0.717, 1.165) is 54.0 Å². The normalized spacial score (nSPS) is 14.7. The van der Waals surface area contributed by atoms with E-state index in [0.29, 0.717) is 18.1 Å². The molecule has 164 valence electrons. The van der Waals surface area contributed by atoms with Crippen LogP contribution in [0.25, 0.3) is 16.6 Å². The Balaban J connectivity index is 1.67. The number of rotatable bonds is 5. The molecular formula is C28H28FNO2. The summed E-state index contributed by atoms with van der Waals surface area (Å²) in [5, 5.41) is 1.13. The molecule has 4 heteroatoms. The zero-order chi connectivity index (χ0) is 22.1. The molecule has 5 rings (SSSR count). The smallest absolute Gasteiger partial charge is 0.129 e. The van der Waals surface area contributed by atoms with Gasteiger partial charge in [-0.05, 0) is 73.7 Å². The Morgan fingerprint density at radius 1 is 0.969 bits per heavy atom. The zero-order valence-corrected chi connectivity index (χ0v) is 18.6. The summed E-state index contributed by atoms with van der Waals surface area (Å²) in [6.07, 6.45) is 1.97. The van der Waals surface area contributed by atoms with Crippen LogP contribution in [0.4, 0.5) is 4.39 Å². The molecule has 1 saturated heterocycles. The highest BCUT2D eigenvalue weighted by atomic mass is 19.1. The van der Waals surface area contributed by atoms with Crippen LogP contribution in [0, 0.1) is 19.7 Å². The van der Waals surface area contributed by atoms with Gasteiger partial charge in [-0.2, -0.15) is 0 Å². The molecule has 0 aliphatic carbocycles. The number of fused-ring (bicyclic) bond motifs is 1. The van der Waals surface area contributed by atoms with Gasteiger partial charge in [0.1, 0.15) is 18.2 Å². The average molecular weight is 430 g/mol. The summed E-state index contributed by atoms with van der Waals surface area (Å²) in [4.78, 5) is 0. The lowest BCUT2D eigenvalue weighted by Gasteiger charge is -2.25. The zero-order valence-electron chi connectivity index (χ0n) is 18.6. The Morgan fingerprint density at radius 3 is 2.50 bits per heavy atom. The summed E-state index contributed by atoms with van der Waals surface area (Å²) in [6.45, 7) is 6.07. The van der Waals surface area contributed by atoms with Gasteiger partial charge >= 0.3 is 0 Å². The molecule has 0 radical (unpaired) electrons. The minimum Gasteiger partial charge on any atom is -0.488 e. The first-order valence-corrected chi connectivity index (χ1v) is 11.3. The van der Waals surface area contributed by atoms with Crippen LogP contribution in [-0.2, 0) is 11.3 Å². The summed E-state index contributed by atoms with van der Waals surface area (Å²) in [5.74, 6) is 1.10. The molecule has 0 atom stereocenters. The van der Waals surface area contributed by atoms with Crippen LogP contribution in [0.5, 0.6) is 5.75 Å². The largest absolute Gasteiger partial charge is 0.488 e. The van der Waals surface area contributed by atoms with E-state index in [1.54, 1.807) is 6.07 Å². The number of nitrogens with zero attached hydrogens (tertiary/aromatic N) is 1. The Morgan fingerprint density at radius 2 is 1.75 bits per heavy atom. The minimum absolute atomic E-state index is 0.179. The van der Waals surface area contributed by atoms with Gasteiger partial charge in [0.15, 0.2) is 0 Å². The molecule has 3 nitrogen and oxygen atoms in total. The lowest BCUT2D eigenvalue weighted by Crippen LogP contribution is -2.17. The van der Waals surface area contributed by atoms with Crippen molar-refractivity contribution in [1.29, 1.82) is 0 Å². The van der Waals surface area contributed by atoms with Crippen molar-refractivity contribution in [3.8, 4) is 11.4 Å². The highest BCUT2D eigenvalue weighted by molar-refractivity contribution is 5.92. The number of benzene rings is 3. The van der Waals surface area contributed by atoms with Crippen molar-refractivity contribution in [2.75, 3.05) is 13.2 Å². The van der Waals surface area contributed by atoms with E-state index >= 15 is 0 Å². The van der Waals surface area contributed by atoms with Gasteiger partial charge in [-0.25, -0.2) is 4.39 Å². The maximum Gasteiger partial charge on any atom is 0.129 e. The molecule has 4 aromatic rings. The second kappa shape index (κ2) is 8.79. The molecule has 0 saturated carbocycles. The fraction of sp³-hybridized carbons (Fsp3) is 0.286. The summed E-state index contributed by atoms with van der Waals surface area (Å²) in [5.41, 5.74) is 6.39. The van der Waals surface area contributed by atoms with E-state index in [9.17, 15) is 4.39 Å². The topological polar surface area (TPSA) is 23.4 Å². The van der Waals surface area contributed by atoms with Crippen LogP contribution in [-0.4, -0.2) is 17.8 Å². The maximum absolute atomic E-state index is 14.1. The molecule has 32 heavy (non-hydrogen) atoms. The first-order valence-electron chi connectivity index (χ1n) is 11.3. The van der Waals surface area contributed by atoms with Crippen molar-refractivity contribution >= 4 is 10.9 Å². The molecule has 2 heterocycles. The molecule has 0 spiro atoms. The van der Waals surface area contributed by atoms with Gasteiger partial charge in [-0.1, -0.05) is 36.4 Å². The van der Waals surface area contributed by atoms with Crippen LogP contribution in [0.3, 0.4) is 0 Å². The maximum atomic E-state index is 14.1. The number of ether oxygens (including phenoxy) is 2. The lowest BCUT2D eigenvalue weighted by molar-refractivity contribution is 0.0841. The quantitative estimate of drug-likeness (QED) is 0.346. The third-order valence-corrected chi connectivity index (χ3v) is 6.49. The molecular weight excluding hydrogens is 401 g/mol. The second-order valence-corrected chi connectivity index (χ2v) is 8.59. The summed E-state index contributed by atoms with van der Waals surface area (Å²) in [7, 11) is 0. The number of aromatic nitrogens is 1. The fourth-order valence-corrected chi connectivity index (χ4v) is 4.87. The van der Waals surface area contributed by atoms with Crippen molar-refractivity contribution < 1.29 is 13.9 Å². The highest BCUT2D eigenvalue weighted by Gasteiger charge is 2.26. The summed E-state index contributed by atoms with van der Waals surface area (Å²) < 4.78 is 28.3. The minimum atomic E-state index is -0.179. The molecule has 3 aromatic carbocycles. The molecule has 1 aliphatic heterocycles. The third kappa shape index (κ3) is 3.80. The van der Waals surface area contributed by atoms with Crippen molar-refractivity contribution in [3.05, 3.63) is 94.9 Å². The molecule has 1 fully saturated rings. The van der Waals surface area contributed by atoms with Gasteiger partial charge in [0.2, 0.25) is 0 Å². The summed E-state index contributed by atoms with van der Waals surface area (Å²) in [6, 6.07) is 21.8. The first-order chi connectivity index (χ1) is 15.6. The molecule has 1 aromatic heterocycles. The number of halogens is 1. The Bertz CT molecular complexity index is 1240. The van der Waals surface area contributed by atoms with Crippen LogP contribution in [0.1, 0.15) is 41.1 Å². The van der Waals surface area contributed by atoms with E-state index in [2.05, 4.69) is 29.7 Å². The monoisotopic (exact) mass is 429 g/mol.